The van der Waals surface area contributed by atoms with Gasteiger partial charge in [0.05, 0.1) is 0 Å². The van der Waals surface area contributed by atoms with Gasteiger partial charge in [0.1, 0.15) is 11.9 Å². The molecule has 0 spiro atoms. The van der Waals surface area contributed by atoms with E-state index in [0.717, 1.165) is 17.9 Å². The molecule has 0 saturated carbocycles. The van der Waals surface area contributed by atoms with Gasteiger partial charge in [-0.05, 0) is 36.2 Å². The van der Waals surface area contributed by atoms with Crippen LogP contribution in [0.1, 0.15) is 24.1 Å². The molecule has 2 aromatic rings. The van der Waals surface area contributed by atoms with Crippen LogP contribution in [-0.2, 0) is 6.42 Å². The summed E-state index contributed by atoms with van der Waals surface area (Å²) < 4.78 is 5.95. The summed E-state index contributed by atoms with van der Waals surface area (Å²) in [4.78, 5) is 1.27. The Hall–Kier alpha value is -1.45. The second-order valence-electron chi connectivity index (χ2n) is 5.22. The van der Waals surface area contributed by atoms with Crippen molar-refractivity contribution in [3.63, 3.8) is 0 Å². The summed E-state index contributed by atoms with van der Waals surface area (Å²) in [7, 11) is 0. The van der Waals surface area contributed by atoms with Gasteiger partial charge in [-0.15, -0.1) is 11.8 Å². The number of nitrogens with two attached hydrogens (primary N) is 1. The summed E-state index contributed by atoms with van der Waals surface area (Å²) in [6.07, 6.45) is 1.30. The van der Waals surface area contributed by atoms with Gasteiger partial charge >= 0.3 is 0 Å². The first kappa shape index (κ1) is 13.5. The van der Waals surface area contributed by atoms with E-state index in [2.05, 4.69) is 42.5 Å². The third kappa shape index (κ3) is 3.00. The number of rotatable bonds is 4. The third-order valence-electron chi connectivity index (χ3n) is 3.56. The van der Waals surface area contributed by atoms with Crippen molar-refractivity contribution in [1.82, 2.24) is 0 Å². The molecule has 3 rings (SSSR count). The molecule has 0 bridgehead atoms. The maximum Gasteiger partial charge on any atom is 0.123 e. The van der Waals surface area contributed by atoms with Gasteiger partial charge in [0, 0.05) is 23.1 Å². The fourth-order valence-electron chi connectivity index (χ4n) is 2.40. The van der Waals surface area contributed by atoms with Crippen molar-refractivity contribution in [2.24, 2.45) is 5.73 Å². The lowest BCUT2D eigenvalue weighted by atomic mass is 10.1. The number of thioether (sulfide) groups is 1. The van der Waals surface area contributed by atoms with E-state index in [1.165, 1.54) is 16.0 Å². The molecule has 1 aliphatic heterocycles. The Bertz CT molecular complexity index is 555. The molecule has 0 aromatic heterocycles. The summed E-state index contributed by atoms with van der Waals surface area (Å²) in [5.41, 5.74) is 8.36. The molecule has 3 heteroatoms. The van der Waals surface area contributed by atoms with E-state index >= 15 is 0 Å². The van der Waals surface area contributed by atoms with Gasteiger partial charge in [0.15, 0.2) is 0 Å². The van der Waals surface area contributed by atoms with E-state index in [0.29, 0.717) is 0 Å². The van der Waals surface area contributed by atoms with Crippen LogP contribution in [0.2, 0.25) is 0 Å². The van der Waals surface area contributed by atoms with Crippen LogP contribution >= 0.6 is 11.8 Å². The molecule has 0 fully saturated rings. The molecule has 0 amide bonds. The average Bonchev–Trinajstić information content (AvgIpc) is 2.88. The van der Waals surface area contributed by atoms with Crippen molar-refractivity contribution in [1.29, 1.82) is 0 Å². The van der Waals surface area contributed by atoms with Crippen molar-refractivity contribution in [2.75, 3.05) is 5.75 Å². The lowest BCUT2D eigenvalue weighted by molar-refractivity contribution is 0.259. The largest absolute Gasteiger partial charge is 0.489 e. The van der Waals surface area contributed by atoms with E-state index < -0.39 is 0 Å². The number of hydrogen-bond acceptors (Lipinski definition) is 3. The van der Waals surface area contributed by atoms with E-state index in [1.54, 1.807) is 0 Å². The number of para-hydroxylation sites is 1. The van der Waals surface area contributed by atoms with E-state index in [4.69, 9.17) is 10.5 Å². The number of ether oxygens (including phenoxy) is 1. The fraction of sp³-hybridized carbons (Fsp3) is 0.294. The summed E-state index contributed by atoms with van der Waals surface area (Å²) in [6, 6.07) is 16.9. The zero-order valence-corrected chi connectivity index (χ0v) is 12.4. The maximum atomic E-state index is 5.95. The summed E-state index contributed by atoms with van der Waals surface area (Å²) in [5.74, 6) is 2.03. The molecule has 0 aliphatic carbocycles. The Balaban J connectivity index is 1.56. The van der Waals surface area contributed by atoms with Crippen LogP contribution in [0.5, 0.6) is 5.75 Å². The third-order valence-corrected chi connectivity index (χ3v) is 4.70. The number of hydrogen-bond donors (Lipinski definition) is 1. The highest BCUT2D eigenvalue weighted by Gasteiger charge is 2.22. The quantitative estimate of drug-likeness (QED) is 0.868. The van der Waals surface area contributed by atoms with Crippen molar-refractivity contribution >= 4 is 11.8 Å². The Morgan fingerprint density at radius 3 is 2.65 bits per heavy atom. The molecule has 2 nitrogen and oxygen atoms in total. The standard InChI is InChI=1S/C17H19NOS/c1-12(18)13-6-8-16(9-7-13)20-11-15-10-14-4-2-3-5-17(14)19-15/h2-9,12,15H,10-11,18H2,1H3. The molecule has 1 aliphatic rings. The molecule has 0 radical (unpaired) electrons. The summed E-state index contributed by atoms with van der Waals surface area (Å²) in [6.45, 7) is 2.01. The lowest BCUT2D eigenvalue weighted by Gasteiger charge is -2.11. The molecule has 104 valence electrons. The van der Waals surface area contributed by atoms with Crippen LogP contribution in [0.15, 0.2) is 53.4 Å². The second kappa shape index (κ2) is 5.90. The molecule has 2 unspecified atom stereocenters. The van der Waals surface area contributed by atoms with Crippen molar-refractivity contribution in [3.05, 3.63) is 59.7 Å². The van der Waals surface area contributed by atoms with E-state index in [-0.39, 0.29) is 12.1 Å². The molecule has 1 heterocycles. The summed E-state index contributed by atoms with van der Waals surface area (Å²) in [5, 5.41) is 0. The molecule has 0 saturated heterocycles. The topological polar surface area (TPSA) is 35.2 Å². The predicted octanol–water partition coefficient (Wildman–Crippen LogP) is 3.80. The fourth-order valence-corrected chi connectivity index (χ4v) is 3.30. The Labute approximate surface area is 124 Å². The van der Waals surface area contributed by atoms with Gasteiger partial charge in [-0.2, -0.15) is 0 Å². The molecular weight excluding hydrogens is 266 g/mol. The Morgan fingerprint density at radius 2 is 1.95 bits per heavy atom. The van der Waals surface area contributed by atoms with Crippen molar-refractivity contribution in [2.45, 2.75) is 30.4 Å². The maximum absolute atomic E-state index is 5.95. The first-order valence-electron chi connectivity index (χ1n) is 6.95. The second-order valence-corrected chi connectivity index (χ2v) is 6.31. The SMILES string of the molecule is CC(N)c1ccc(SCC2Cc3ccccc3O2)cc1. The van der Waals surface area contributed by atoms with Gasteiger partial charge in [-0.3, -0.25) is 0 Å². The number of benzene rings is 2. The minimum atomic E-state index is 0.0988. The van der Waals surface area contributed by atoms with Crippen LogP contribution in [0.4, 0.5) is 0 Å². The van der Waals surface area contributed by atoms with Crippen LogP contribution < -0.4 is 10.5 Å². The first-order valence-corrected chi connectivity index (χ1v) is 7.94. The predicted molar refractivity (Wildman–Crippen MR) is 84.3 cm³/mol. The normalized spacial score (nSPS) is 18.4. The molecule has 20 heavy (non-hydrogen) atoms. The zero-order valence-electron chi connectivity index (χ0n) is 11.6. The highest BCUT2D eigenvalue weighted by Crippen LogP contribution is 2.31. The molecular formula is C17H19NOS. The molecule has 2 atom stereocenters. The summed E-state index contributed by atoms with van der Waals surface area (Å²) >= 11 is 1.84. The van der Waals surface area contributed by atoms with Crippen LogP contribution in [-0.4, -0.2) is 11.9 Å². The van der Waals surface area contributed by atoms with Crippen molar-refractivity contribution in [3.8, 4) is 5.75 Å². The highest BCUT2D eigenvalue weighted by atomic mass is 32.2. The van der Waals surface area contributed by atoms with Gasteiger partial charge in [0.25, 0.3) is 0 Å². The smallest absolute Gasteiger partial charge is 0.123 e. The lowest BCUT2D eigenvalue weighted by Crippen LogP contribution is -2.15. The van der Waals surface area contributed by atoms with Gasteiger partial charge in [-0.25, -0.2) is 0 Å². The van der Waals surface area contributed by atoms with Crippen LogP contribution in [0.25, 0.3) is 0 Å². The highest BCUT2D eigenvalue weighted by molar-refractivity contribution is 7.99. The van der Waals surface area contributed by atoms with Gasteiger partial charge in [0.2, 0.25) is 0 Å². The van der Waals surface area contributed by atoms with E-state index in [1.807, 2.05) is 24.8 Å². The van der Waals surface area contributed by atoms with Gasteiger partial charge in [-0.1, -0.05) is 30.3 Å². The Kier molecular flexibility index (Phi) is 3.99. The van der Waals surface area contributed by atoms with E-state index in [9.17, 15) is 0 Å². The van der Waals surface area contributed by atoms with Crippen LogP contribution in [0, 0.1) is 0 Å². The Morgan fingerprint density at radius 1 is 1.20 bits per heavy atom. The number of fused-ring (bicyclic) bond motifs is 1. The van der Waals surface area contributed by atoms with Gasteiger partial charge < -0.3 is 10.5 Å². The minimum absolute atomic E-state index is 0.0988. The zero-order chi connectivity index (χ0) is 13.9. The van der Waals surface area contributed by atoms with Crippen molar-refractivity contribution < 1.29 is 4.74 Å². The van der Waals surface area contributed by atoms with Crippen LogP contribution in [0.3, 0.4) is 0 Å². The molecule has 2 aromatic carbocycles. The molecule has 2 N–H and O–H groups in total. The average molecular weight is 285 g/mol. The minimum Gasteiger partial charge on any atom is -0.489 e. The first-order chi connectivity index (χ1) is 9.72. The monoisotopic (exact) mass is 285 g/mol.